The number of imidazole rings is 1. The number of carbonyl (C=O) groups is 1. The number of aromatic nitrogens is 4. The Bertz CT molecular complexity index is 600. The first-order valence-corrected chi connectivity index (χ1v) is 5.92. The minimum Gasteiger partial charge on any atom is -0.394 e. The van der Waals surface area contributed by atoms with Crippen LogP contribution in [0.2, 0.25) is 0 Å². The van der Waals surface area contributed by atoms with Crippen molar-refractivity contribution in [1.82, 2.24) is 19.5 Å². The first kappa shape index (κ1) is 14.3. The predicted octanol–water partition coefficient (Wildman–Crippen LogP) is -0.888. The van der Waals surface area contributed by atoms with Crippen LogP contribution in [0.1, 0.15) is 6.92 Å². The molecule has 0 fully saturated rings. The SMILES string of the molecule is CC(=O)Nc1ncc2c(ncn2COCC(O)CO)n1. The van der Waals surface area contributed by atoms with Crippen LogP contribution in [-0.2, 0) is 16.3 Å². The maximum absolute atomic E-state index is 10.9. The molecule has 0 saturated carbocycles. The third kappa shape index (κ3) is 3.47. The molecule has 1 amide bonds. The van der Waals surface area contributed by atoms with E-state index >= 15 is 0 Å². The highest BCUT2D eigenvalue weighted by atomic mass is 16.5. The number of hydrogen-bond donors (Lipinski definition) is 3. The molecule has 0 radical (unpaired) electrons. The first-order valence-electron chi connectivity index (χ1n) is 5.92. The standard InChI is InChI=1S/C11H15N5O4/c1-7(18)14-11-12-2-9-10(15-11)13-5-16(9)6-20-4-8(19)3-17/h2,5,8,17,19H,3-4,6H2,1H3,(H,12,14,15,18). The lowest BCUT2D eigenvalue weighted by Crippen LogP contribution is -2.20. The van der Waals surface area contributed by atoms with E-state index < -0.39 is 6.10 Å². The molecule has 2 heterocycles. The van der Waals surface area contributed by atoms with E-state index in [0.29, 0.717) is 11.2 Å². The summed E-state index contributed by atoms with van der Waals surface area (Å²) in [7, 11) is 0. The Labute approximate surface area is 114 Å². The number of rotatable bonds is 6. The Kier molecular flexibility index (Phi) is 4.56. The van der Waals surface area contributed by atoms with Crippen molar-refractivity contribution >= 4 is 23.0 Å². The number of nitrogens with one attached hydrogen (secondary N) is 1. The number of nitrogens with zero attached hydrogens (tertiary/aromatic N) is 4. The van der Waals surface area contributed by atoms with Gasteiger partial charge < -0.3 is 19.5 Å². The summed E-state index contributed by atoms with van der Waals surface area (Å²) in [6.07, 6.45) is 2.13. The van der Waals surface area contributed by atoms with Gasteiger partial charge in [0.2, 0.25) is 11.9 Å². The van der Waals surface area contributed by atoms with Gasteiger partial charge in [0.15, 0.2) is 5.65 Å². The molecule has 108 valence electrons. The second-order valence-electron chi connectivity index (χ2n) is 4.13. The molecule has 2 aromatic heterocycles. The van der Waals surface area contributed by atoms with E-state index in [1.54, 1.807) is 4.57 Å². The average molecular weight is 281 g/mol. The molecule has 2 rings (SSSR count). The summed E-state index contributed by atoms with van der Waals surface area (Å²) in [5, 5.41) is 20.3. The largest absolute Gasteiger partial charge is 0.394 e. The van der Waals surface area contributed by atoms with E-state index in [4.69, 9.17) is 14.9 Å². The molecule has 20 heavy (non-hydrogen) atoms. The van der Waals surface area contributed by atoms with Gasteiger partial charge in [0.25, 0.3) is 0 Å². The topological polar surface area (TPSA) is 122 Å². The van der Waals surface area contributed by atoms with Gasteiger partial charge in [0.05, 0.1) is 25.7 Å². The number of fused-ring (bicyclic) bond motifs is 1. The lowest BCUT2D eigenvalue weighted by Gasteiger charge is -2.09. The Morgan fingerprint density at radius 1 is 1.55 bits per heavy atom. The summed E-state index contributed by atoms with van der Waals surface area (Å²) in [4.78, 5) is 23.0. The van der Waals surface area contributed by atoms with Crippen LogP contribution < -0.4 is 5.32 Å². The second-order valence-corrected chi connectivity index (χ2v) is 4.13. The molecule has 9 heteroatoms. The van der Waals surface area contributed by atoms with Crippen LogP contribution in [0.15, 0.2) is 12.5 Å². The average Bonchev–Trinajstić information content (AvgIpc) is 2.80. The van der Waals surface area contributed by atoms with Gasteiger partial charge in [-0.2, -0.15) is 4.98 Å². The second kappa shape index (κ2) is 6.37. The van der Waals surface area contributed by atoms with Gasteiger partial charge in [0, 0.05) is 6.92 Å². The van der Waals surface area contributed by atoms with E-state index in [1.807, 2.05) is 0 Å². The van der Waals surface area contributed by atoms with Crippen molar-refractivity contribution in [2.75, 3.05) is 18.5 Å². The molecule has 0 bridgehead atoms. The number of anilines is 1. The van der Waals surface area contributed by atoms with Crippen molar-refractivity contribution < 1.29 is 19.7 Å². The highest BCUT2D eigenvalue weighted by molar-refractivity contribution is 5.87. The molecule has 2 aromatic rings. The summed E-state index contributed by atoms with van der Waals surface area (Å²) >= 11 is 0. The van der Waals surface area contributed by atoms with E-state index in [9.17, 15) is 4.79 Å². The smallest absolute Gasteiger partial charge is 0.231 e. The van der Waals surface area contributed by atoms with Crippen LogP contribution in [0.3, 0.4) is 0 Å². The van der Waals surface area contributed by atoms with Gasteiger partial charge in [-0.15, -0.1) is 0 Å². The maximum atomic E-state index is 10.9. The molecule has 1 unspecified atom stereocenters. The lowest BCUT2D eigenvalue weighted by molar-refractivity contribution is -0.114. The highest BCUT2D eigenvalue weighted by Gasteiger charge is 2.08. The van der Waals surface area contributed by atoms with Crippen LogP contribution in [0, 0.1) is 0 Å². The number of aliphatic hydroxyl groups is 2. The van der Waals surface area contributed by atoms with Gasteiger partial charge in [-0.3, -0.25) is 10.1 Å². The van der Waals surface area contributed by atoms with Gasteiger partial charge >= 0.3 is 0 Å². The molecule has 0 saturated heterocycles. The fourth-order valence-electron chi connectivity index (χ4n) is 1.51. The molecule has 3 N–H and O–H groups in total. The quantitative estimate of drug-likeness (QED) is 0.627. The number of aliphatic hydroxyl groups excluding tert-OH is 2. The minimum absolute atomic E-state index is 0.0149. The monoisotopic (exact) mass is 281 g/mol. The molecule has 1 atom stereocenters. The Morgan fingerprint density at radius 3 is 3.05 bits per heavy atom. The molecule has 0 aromatic carbocycles. The molecule has 0 aliphatic carbocycles. The molecular formula is C11H15N5O4. The fourth-order valence-corrected chi connectivity index (χ4v) is 1.51. The van der Waals surface area contributed by atoms with Gasteiger partial charge in [-0.25, -0.2) is 9.97 Å². The summed E-state index contributed by atoms with van der Waals surface area (Å²) < 4.78 is 6.87. The van der Waals surface area contributed by atoms with Crippen LogP contribution in [0.25, 0.3) is 11.2 Å². The zero-order chi connectivity index (χ0) is 14.5. The Balaban J connectivity index is 2.06. The summed E-state index contributed by atoms with van der Waals surface area (Å²) in [6.45, 7) is 1.18. The third-order valence-corrected chi connectivity index (χ3v) is 2.42. The first-order chi connectivity index (χ1) is 9.60. The van der Waals surface area contributed by atoms with Crippen molar-refractivity contribution in [3.63, 3.8) is 0 Å². The van der Waals surface area contributed by atoms with E-state index in [2.05, 4.69) is 20.3 Å². The van der Waals surface area contributed by atoms with Crippen LogP contribution in [0.5, 0.6) is 0 Å². The van der Waals surface area contributed by atoms with Crippen molar-refractivity contribution in [3.8, 4) is 0 Å². The molecule has 9 nitrogen and oxygen atoms in total. The summed E-state index contributed by atoms with van der Waals surface area (Å²) in [6, 6.07) is 0. The zero-order valence-corrected chi connectivity index (χ0v) is 10.9. The fraction of sp³-hybridized carbons (Fsp3) is 0.455. The summed E-state index contributed by atoms with van der Waals surface area (Å²) in [5.74, 6) is -0.0722. The number of ether oxygens (including phenoxy) is 1. The molecule has 0 aliphatic rings. The van der Waals surface area contributed by atoms with Gasteiger partial charge in [-0.1, -0.05) is 0 Å². The number of hydrogen-bond acceptors (Lipinski definition) is 7. The van der Waals surface area contributed by atoms with E-state index in [1.165, 1.54) is 19.4 Å². The van der Waals surface area contributed by atoms with E-state index in [-0.39, 0.29) is 31.8 Å². The molecule has 0 aliphatic heterocycles. The van der Waals surface area contributed by atoms with Crippen molar-refractivity contribution in [3.05, 3.63) is 12.5 Å². The van der Waals surface area contributed by atoms with Gasteiger partial charge in [0.1, 0.15) is 18.4 Å². The van der Waals surface area contributed by atoms with Crippen molar-refractivity contribution in [2.24, 2.45) is 0 Å². The lowest BCUT2D eigenvalue weighted by atomic mass is 10.4. The third-order valence-electron chi connectivity index (χ3n) is 2.42. The van der Waals surface area contributed by atoms with Crippen LogP contribution >= 0.6 is 0 Å². The minimum atomic E-state index is -0.910. The Morgan fingerprint density at radius 2 is 2.35 bits per heavy atom. The highest BCUT2D eigenvalue weighted by Crippen LogP contribution is 2.11. The zero-order valence-electron chi connectivity index (χ0n) is 10.9. The van der Waals surface area contributed by atoms with Crippen molar-refractivity contribution in [2.45, 2.75) is 19.8 Å². The number of carbonyl (C=O) groups excluding carboxylic acids is 1. The normalized spacial score (nSPS) is 12.6. The molecular weight excluding hydrogens is 266 g/mol. The number of amides is 1. The molecule has 0 spiro atoms. The predicted molar refractivity (Wildman–Crippen MR) is 68.7 cm³/mol. The van der Waals surface area contributed by atoms with Crippen molar-refractivity contribution in [1.29, 1.82) is 0 Å². The van der Waals surface area contributed by atoms with Gasteiger partial charge in [-0.05, 0) is 0 Å². The van der Waals surface area contributed by atoms with E-state index in [0.717, 1.165) is 0 Å². The Hall–Kier alpha value is -2.10. The van der Waals surface area contributed by atoms with Crippen LogP contribution in [0.4, 0.5) is 5.95 Å². The van der Waals surface area contributed by atoms with Crippen LogP contribution in [-0.4, -0.2) is 55.0 Å². The summed E-state index contributed by atoms with van der Waals surface area (Å²) in [5.41, 5.74) is 1.06. The maximum Gasteiger partial charge on any atom is 0.231 e.